The fraction of sp³-hybridized carbons (Fsp3) is 0.250. The number of Topliss-reactive ketones (excluding diaryl/α,β-unsaturated/α-hetero) is 1. The summed E-state index contributed by atoms with van der Waals surface area (Å²) >= 11 is 1.50. The number of hydrogen-bond donors (Lipinski definition) is 0. The molecule has 0 spiro atoms. The van der Waals surface area contributed by atoms with Gasteiger partial charge in [0.2, 0.25) is 0 Å². The molecule has 0 atom stereocenters. The maximum atomic E-state index is 12.0. The summed E-state index contributed by atoms with van der Waals surface area (Å²) in [5, 5.41) is 2.73. The van der Waals surface area contributed by atoms with Crippen molar-refractivity contribution in [1.29, 1.82) is 0 Å². The second-order valence-electron chi connectivity index (χ2n) is 3.61. The average Bonchev–Trinajstić information content (AvgIpc) is 2.70. The monoisotopic (exact) mass is 232 g/mol. The molecular weight excluding hydrogens is 220 g/mol. The maximum absolute atomic E-state index is 12.0. The normalized spacial score (nSPS) is 10.4. The van der Waals surface area contributed by atoms with Gasteiger partial charge in [-0.3, -0.25) is 9.78 Å². The van der Waals surface area contributed by atoms with Crippen LogP contribution in [0.3, 0.4) is 0 Å². The zero-order chi connectivity index (χ0) is 11.5. The lowest BCUT2D eigenvalue weighted by Gasteiger charge is -2.03. The average molecular weight is 232 g/mol. The molecule has 0 unspecified atom stereocenters. The Hall–Kier alpha value is -1.55. The summed E-state index contributed by atoms with van der Waals surface area (Å²) in [4.78, 5) is 20.4. The van der Waals surface area contributed by atoms with E-state index in [0.29, 0.717) is 12.0 Å². The van der Waals surface area contributed by atoms with E-state index in [0.717, 1.165) is 16.4 Å². The molecule has 82 valence electrons. The highest BCUT2D eigenvalue weighted by Crippen LogP contribution is 2.12. The molecule has 0 aliphatic carbocycles. The molecule has 3 nitrogen and oxygen atoms in total. The van der Waals surface area contributed by atoms with E-state index in [4.69, 9.17) is 0 Å². The van der Waals surface area contributed by atoms with Crippen LogP contribution in [0.1, 0.15) is 26.8 Å². The topological polar surface area (TPSA) is 42.9 Å². The minimum atomic E-state index is 0.0833. The minimum Gasteiger partial charge on any atom is -0.294 e. The smallest absolute Gasteiger partial charge is 0.171 e. The molecule has 0 amide bonds. The van der Waals surface area contributed by atoms with Crippen LogP contribution in [0.25, 0.3) is 0 Å². The Morgan fingerprint density at radius 3 is 2.81 bits per heavy atom. The van der Waals surface area contributed by atoms with E-state index in [1.807, 2.05) is 31.4 Å². The number of pyridine rings is 1. The molecule has 2 aromatic heterocycles. The quantitative estimate of drug-likeness (QED) is 0.764. The SMILES string of the molecule is Cc1ccc(C(=O)Cc2nccs2)c(C)n1. The molecule has 0 saturated carbocycles. The van der Waals surface area contributed by atoms with Crippen LogP contribution in [0.4, 0.5) is 0 Å². The van der Waals surface area contributed by atoms with E-state index in [1.54, 1.807) is 6.20 Å². The van der Waals surface area contributed by atoms with E-state index < -0.39 is 0 Å². The van der Waals surface area contributed by atoms with Crippen LogP contribution in [0.2, 0.25) is 0 Å². The summed E-state index contributed by atoms with van der Waals surface area (Å²) in [5.74, 6) is 0.0833. The first-order chi connectivity index (χ1) is 7.66. The number of aryl methyl sites for hydroxylation is 2. The van der Waals surface area contributed by atoms with Gasteiger partial charge in [-0.15, -0.1) is 11.3 Å². The van der Waals surface area contributed by atoms with Crippen molar-refractivity contribution in [1.82, 2.24) is 9.97 Å². The highest BCUT2D eigenvalue weighted by atomic mass is 32.1. The molecule has 0 N–H and O–H groups in total. The number of ketones is 1. The molecule has 16 heavy (non-hydrogen) atoms. The number of rotatable bonds is 3. The van der Waals surface area contributed by atoms with Gasteiger partial charge >= 0.3 is 0 Å². The van der Waals surface area contributed by atoms with E-state index in [2.05, 4.69) is 9.97 Å². The van der Waals surface area contributed by atoms with Gasteiger partial charge in [-0.05, 0) is 26.0 Å². The van der Waals surface area contributed by atoms with Gasteiger partial charge in [-0.2, -0.15) is 0 Å². The summed E-state index contributed by atoms with van der Waals surface area (Å²) in [6.45, 7) is 3.78. The largest absolute Gasteiger partial charge is 0.294 e. The van der Waals surface area contributed by atoms with Gasteiger partial charge in [0.1, 0.15) is 5.01 Å². The van der Waals surface area contributed by atoms with Gasteiger partial charge in [0.05, 0.1) is 6.42 Å². The Morgan fingerprint density at radius 2 is 2.19 bits per heavy atom. The van der Waals surface area contributed by atoms with E-state index in [-0.39, 0.29) is 5.78 Å². The van der Waals surface area contributed by atoms with Gasteiger partial charge in [-0.25, -0.2) is 4.98 Å². The molecule has 2 rings (SSSR count). The lowest BCUT2D eigenvalue weighted by Crippen LogP contribution is -2.07. The fourth-order valence-electron chi connectivity index (χ4n) is 1.55. The van der Waals surface area contributed by atoms with Crippen LogP contribution in [0, 0.1) is 13.8 Å². The predicted molar refractivity (Wildman–Crippen MR) is 63.9 cm³/mol. The lowest BCUT2D eigenvalue weighted by molar-refractivity contribution is 0.0992. The highest BCUT2D eigenvalue weighted by molar-refractivity contribution is 7.09. The van der Waals surface area contributed by atoms with Crippen LogP contribution in [0.5, 0.6) is 0 Å². The molecule has 2 aromatic rings. The standard InChI is InChI=1S/C12H12N2OS/c1-8-3-4-10(9(2)14-8)11(15)7-12-13-5-6-16-12/h3-6H,7H2,1-2H3. The van der Waals surface area contributed by atoms with Crippen molar-refractivity contribution in [3.8, 4) is 0 Å². The second kappa shape index (κ2) is 4.53. The molecule has 4 heteroatoms. The van der Waals surface area contributed by atoms with Gasteiger partial charge in [0, 0.05) is 28.5 Å². The first kappa shape index (κ1) is 11.0. The number of thiazole rings is 1. The number of carbonyl (C=O) groups is 1. The third-order valence-electron chi connectivity index (χ3n) is 2.32. The Kier molecular flexibility index (Phi) is 3.10. The second-order valence-corrected chi connectivity index (χ2v) is 4.59. The molecule has 0 aliphatic heterocycles. The molecule has 0 radical (unpaired) electrons. The Bertz CT molecular complexity index is 506. The van der Waals surface area contributed by atoms with Crippen molar-refractivity contribution < 1.29 is 4.79 Å². The number of carbonyl (C=O) groups excluding carboxylic acids is 1. The van der Waals surface area contributed by atoms with Gasteiger partial charge in [-0.1, -0.05) is 0 Å². The third kappa shape index (κ3) is 2.33. The molecule has 0 saturated heterocycles. The first-order valence-corrected chi connectivity index (χ1v) is 5.90. The van der Waals surface area contributed by atoms with E-state index >= 15 is 0 Å². The third-order valence-corrected chi connectivity index (χ3v) is 3.10. The van der Waals surface area contributed by atoms with Crippen molar-refractivity contribution in [2.45, 2.75) is 20.3 Å². The molecule has 0 fully saturated rings. The Labute approximate surface area is 98.2 Å². The first-order valence-electron chi connectivity index (χ1n) is 5.02. The number of aromatic nitrogens is 2. The minimum absolute atomic E-state index is 0.0833. The Morgan fingerprint density at radius 1 is 1.38 bits per heavy atom. The summed E-state index contributed by atoms with van der Waals surface area (Å²) < 4.78 is 0. The summed E-state index contributed by atoms with van der Waals surface area (Å²) in [7, 11) is 0. The summed E-state index contributed by atoms with van der Waals surface area (Å²) in [6.07, 6.45) is 2.08. The van der Waals surface area contributed by atoms with Crippen molar-refractivity contribution in [2.24, 2.45) is 0 Å². The maximum Gasteiger partial charge on any atom is 0.171 e. The Balaban J connectivity index is 2.21. The van der Waals surface area contributed by atoms with Gasteiger partial charge in [0.25, 0.3) is 0 Å². The zero-order valence-electron chi connectivity index (χ0n) is 9.23. The van der Waals surface area contributed by atoms with E-state index in [9.17, 15) is 4.79 Å². The highest BCUT2D eigenvalue weighted by Gasteiger charge is 2.11. The van der Waals surface area contributed by atoms with Gasteiger partial charge in [0.15, 0.2) is 5.78 Å². The van der Waals surface area contributed by atoms with Crippen LogP contribution in [0.15, 0.2) is 23.7 Å². The molecule has 0 aromatic carbocycles. The van der Waals surface area contributed by atoms with Crippen LogP contribution < -0.4 is 0 Å². The summed E-state index contributed by atoms with van der Waals surface area (Å²) in [6, 6.07) is 3.70. The fourth-order valence-corrected chi connectivity index (χ4v) is 2.17. The van der Waals surface area contributed by atoms with Crippen molar-refractivity contribution in [3.05, 3.63) is 45.7 Å². The van der Waals surface area contributed by atoms with Crippen LogP contribution >= 0.6 is 11.3 Å². The van der Waals surface area contributed by atoms with Crippen molar-refractivity contribution in [2.75, 3.05) is 0 Å². The van der Waals surface area contributed by atoms with Crippen molar-refractivity contribution >= 4 is 17.1 Å². The predicted octanol–water partition coefficient (Wildman–Crippen LogP) is 2.58. The summed E-state index contributed by atoms with van der Waals surface area (Å²) in [5.41, 5.74) is 2.42. The molecular formula is C12H12N2OS. The van der Waals surface area contributed by atoms with Crippen LogP contribution in [-0.2, 0) is 6.42 Å². The molecule has 2 heterocycles. The van der Waals surface area contributed by atoms with E-state index in [1.165, 1.54) is 11.3 Å². The van der Waals surface area contributed by atoms with Crippen molar-refractivity contribution in [3.63, 3.8) is 0 Å². The van der Waals surface area contributed by atoms with Crippen LogP contribution in [-0.4, -0.2) is 15.8 Å². The van der Waals surface area contributed by atoms with Gasteiger partial charge < -0.3 is 0 Å². The molecule has 0 bridgehead atoms. The lowest BCUT2D eigenvalue weighted by atomic mass is 10.1. The number of nitrogens with zero attached hydrogens (tertiary/aromatic N) is 2. The molecule has 0 aliphatic rings. The zero-order valence-corrected chi connectivity index (χ0v) is 10.0. The number of hydrogen-bond acceptors (Lipinski definition) is 4.